The normalized spacial score (nSPS) is 12.3. The van der Waals surface area contributed by atoms with Gasteiger partial charge in [0.25, 0.3) is 0 Å². The Labute approximate surface area is 132 Å². The maximum Gasteiger partial charge on any atom is 0.157 e. The maximum atomic E-state index is 10.9. The highest BCUT2D eigenvalue weighted by Gasteiger charge is 2.09. The summed E-state index contributed by atoms with van der Waals surface area (Å²) in [6.07, 6.45) is 0. The minimum absolute atomic E-state index is 0.166. The molecular weight excluding hydrogens is 294 g/mol. The van der Waals surface area contributed by atoms with Crippen LogP contribution in [-0.4, -0.2) is 13.3 Å². The molecule has 0 amide bonds. The van der Waals surface area contributed by atoms with Crippen LogP contribution in [0.3, 0.4) is 0 Å². The smallest absolute Gasteiger partial charge is 0.157 e. The molecule has 0 spiro atoms. The highest BCUT2D eigenvalue weighted by molar-refractivity contribution is 7.78. The van der Waals surface area contributed by atoms with E-state index in [1.54, 1.807) is 0 Å². The van der Waals surface area contributed by atoms with Gasteiger partial charge >= 0.3 is 0 Å². The van der Waals surface area contributed by atoms with Crippen LogP contribution in [0.5, 0.6) is 0 Å². The summed E-state index contributed by atoms with van der Waals surface area (Å²) in [7, 11) is 0. The molecule has 3 nitrogen and oxygen atoms in total. The summed E-state index contributed by atoms with van der Waals surface area (Å²) in [5.41, 5.74) is 5.35. The van der Waals surface area contributed by atoms with Gasteiger partial charge in [0.05, 0.1) is 11.4 Å². The third-order valence-corrected chi connectivity index (χ3v) is 4.21. The Balaban J connectivity index is 2.01. The van der Waals surface area contributed by atoms with E-state index in [-0.39, 0.29) is 5.75 Å². The fourth-order valence-electron chi connectivity index (χ4n) is 2.60. The van der Waals surface area contributed by atoms with Crippen molar-refractivity contribution in [1.29, 1.82) is 0 Å². The lowest BCUT2D eigenvalue weighted by Gasteiger charge is -2.12. The number of aromatic nitrogens is 1. The predicted octanol–water partition coefficient (Wildman–Crippen LogP) is 4.17. The first-order valence-electron chi connectivity index (χ1n) is 7.06. The second kappa shape index (κ2) is 6.30. The van der Waals surface area contributed by atoms with Gasteiger partial charge in [0.15, 0.2) is 11.1 Å². The second-order valence-electron chi connectivity index (χ2n) is 5.19. The summed E-state index contributed by atoms with van der Waals surface area (Å²) >= 11 is -1.80. The van der Waals surface area contributed by atoms with E-state index in [2.05, 4.69) is 35.8 Å². The molecule has 1 aromatic heterocycles. The van der Waals surface area contributed by atoms with Gasteiger partial charge in [-0.3, -0.25) is 0 Å². The van der Waals surface area contributed by atoms with Gasteiger partial charge in [-0.2, -0.15) is 0 Å². The van der Waals surface area contributed by atoms with Crippen LogP contribution >= 0.6 is 0 Å². The molecule has 1 unspecified atom stereocenters. The van der Waals surface area contributed by atoms with Gasteiger partial charge < -0.3 is 9.12 Å². The Morgan fingerprint density at radius 3 is 2.27 bits per heavy atom. The van der Waals surface area contributed by atoms with E-state index >= 15 is 0 Å². The Bertz CT molecular complexity index is 792. The van der Waals surface area contributed by atoms with Crippen LogP contribution in [-0.2, 0) is 16.8 Å². The Hall–Kier alpha value is -2.17. The minimum Gasteiger partial charge on any atom is -0.314 e. The molecular formula is C18H17NO2S. The Kier molecular flexibility index (Phi) is 4.22. The minimum atomic E-state index is -1.80. The summed E-state index contributed by atoms with van der Waals surface area (Å²) in [6.45, 7) is 2.08. The average Bonchev–Trinajstić information content (AvgIpc) is 2.90. The molecule has 0 fully saturated rings. The van der Waals surface area contributed by atoms with Gasteiger partial charge in [-0.15, -0.1) is 0 Å². The van der Waals surface area contributed by atoms with E-state index < -0.39 is 11.1 Å². The van der Waals surface area contributed by atoms with Crippen molar-refractivity contribution >= 4 is 11.1 Å². The van der Waals surface area contributed by atoms with E-state index in [9.17, 15) is 4.21 Å². The number of hydrogen-bond donors (Lipinski definition) is 1. The average molecular weight is 311 g/mol. The van der Waals surface area contributed by atoms with Crippen LogP contribution < -0.4 is 0 Å². The lowest BCUT2D eigenvalue weighted by Crippen LogP contribution is -1.99. The molecule has 4 heteroatoms. The SMILES string of the molecule is Cc1ccc(-c2ccc(CS(=O)O)cc2)n1-c1ccccc1. The third-order valence-electron chi connectivity index (χ3n) is 3.63. The summed E-state index contributed by atoms with van der Waals surface area (Å²) in [4.78, 5) is 0. The van der Waals surface area contributed by atoms with Crippen LogP contribution in [0.4, 0.5) is 0 Å². The third kappa shape index (κ3) is 3.03. The van der Waals surface area contributed by atoms with Crippen molar-refractivity contribution in [3.63, 3.8) is 0 Å². The predicted molar refractivity (Wildman–Crippen MR) is 90.4 cm³/mol. The lowest BCUT2D eigenvalue weighted by molar-refractivity contribution is 0.563. The number of nitrogens with zero attached hydrogens (tertiary/aromatic N) is 1. The van der Waals surface area contributed by atoms with E-state index in [0.29, 0.717) is 0 Å². The molecule has 1 heterocycles. The maximum absolute atomic E-state index is 10.9. The molecule has 3 rings (SSSR count). The standard InChI is InChI=1S/C18H17NO2S/c1-14-7-12-18(19(14)17-5-3-2-4-6-17)16-10-8-15(9-11-16)13-22(20)21/h2-12H,13H2,1H3,(H,20,21). The second-order valence-corrected chi connectivity index (χ2v) is 6.13. The van der Waals surface area contributed by atoms with E-state index in [1.165, 1.54) is 5.69 Å². The van der Waals surface area contributed by atoms with Gasteiger partial charge in [-0.1, -0.05) is 42.5 Å². The summed E-state index contributed by atoms with van der Waals surface area (Å²) in [5.74, 6) is 0.166. The topological polar surface area (TPSA) is 42.2 Å². The Morgan fingerprint density at radius 1 is 0.955 bits per heavy atom. The molecule has 0 aliphatic carbocycles. The zero-order valence-electron chi connectivity index (χ0n) is 12.3. The number of aryl methyl sites for hydroxylation is 1. The zero-order valence-corrected chi connectivity index (χ0v) is 13.1. The molecule has 0 aliphatic rings. The molecule has 0 saturated carbocycles. The van der Waals surface area contributed by atoms with Crippen LogP contribution in [0.2, 0.25) is 0 Å². The number of para-hydroxylation sites is 1. The number of hydrogen-bond acceptors (Lipinski definition) is 1. The summed E-state index contributed by atoms with van der Waals surface area (Å²) in [5, 5.41) is 0. The van der Waals surface area contributed by atoms with Gasteiger partial charge in [-0.05, 0) is 42.3 Å². The van der Waals surface area contributed by atoms with Crippen molar-refractivity contribution in [2.45, 2.75) is 12.7 Å². The lowest BCUT2D eigenvalue weighted by atomic mass is 10.1. The first-order valence-corrected chi connectivity index (χ1v) is 8.33. The van der Waals surface area contributed by atoms with Crippen molar-refractivity contribution < 1.29 is 8.76 Å². The van der Waals surface area contributed by atoms with Crippen LogP contribution in [0.1, 0.15) is 11.3 Å². The molecule has 1 atom stereocenters. The molecule has 112 valence electrons. The van der Waals surface area contributed by atoms with Gasteiger partial charge in [-0.25, -0.2) is 4.21 Å². The first kappa shape index (κ1) is 14.8. The van der Waals surface area contributed by atoms with Gasteiger partial charge in [0.2, 0.25) is 0 Å². The van der Waals surface area contributed by atoms with Crippen molar-refractivity contribution in [3.05, 3.63) is 78.0 Å². The molecule has 2 aromatic carbocycles. The number of rotatable bonds is 4. The quantitative estimate of drug-likeness (QED) is 0.735. The highest BCUT2D eigenvalue weighted by atomic mass is 32.2. The monoisotopic (exact) mass is 311 g/mol. The summed E-state index contributed by atoms with van der Waals surface area (Å²) in [6, 6.07) is 22.2. The molecule has 0 aliphatic heterocycles. The molecule has 1 N–H and O–H groups in total. The van der Waals surface area contributed by atoms with E-state index in [4.69, 9.17) is 4.55 Å². The fraction of sp³-hybridized carbons (Fsp3) is 0.111. The van der Waals surface area contributed by atoms with Crippen molar-refractivity contribution in [2.24, 2.45) is 0 Å². The first-order chi connectivity index (χ1) is 10.6. The van der Waals surface area contributed by atoms with Crippen LogP contribution in [0.15, 0.2) is 66.7 Å². The fourth-order valence-corrected chi connectivity index (χ4v) is 3.08. The Morgan fingerprint density at radius 2 is 1.64 bits per heavy atom. The van der Waals surface area contributed by atoms with Crippen molar-refractivity contribution in [1.82, 2.24) is 4.57 Å². The number of benzene rings is 2. The molecule has 0 bridgehead atoms. The molecule has 22 heavy (non-hydrogen) atoms. The largest absolute Gasteiger partial charge is 0.314 e. The molecule has 0 saturated heterocycles. The van der Waals surface area contributed by atoms with Gasteiger partial charge in [0.1, 0.15) is 0 Å². The van der Waals surface area contributed by atoms with Crippen molar-refractivity contribution in [3.8, 4) is 16.9 Å². The van der Waals surface area contributed by atoms with E-state index in [1.807, 2.05) is 42.5 Å². The summed E-state index contributed by atoms with van der Waals surface area (Å²) < 4.78 is 22.0. The van der Waals surface area contributed by atoms with E-state index in [0.717, 1.165) is 22.5 Å². The van der Waals surface area contributed by atoms with Crippen LogP contribution in [0.25, 0.3) is 16.9 Å². The zero-order chi connectivity index (χ0) is 15.5. The van der Waals surface area contributed by atoms with Gasteiger partial charge in [0, 0.05) is 11.4 Å². The van der Waals surface area contributed by atoms with Crippen LogP contribution in [0, 0.1) is 6.92 Å². The molecule has 0 radical (unpaired) electrons. The highest BCUT2D eigenvalue weighted by Crippen LogP contribution is 2.26. The van der Waals surface area contributed by atoms with Crippen molar-refractivity contribution in [2.75, 3.05) is 0 Å². The molecule has 3 aromatic rings.